The van der Waals surface area contributed by atoms with Crippen molar-refractivity contribution in [3.05, 3.63) is 0 Å². The summed E-state index contributed by atoms with van der Waals surface area (Å²) in [5.41, 5.74) is 0. The van der Waals surface area contributed by atoms with Crippen molar-refractivity contribution in [3.8, 4) is 0 Å². The lowest BCUT2D eigenvalue weighted by Crippen LogP contribution is -2.28. The van der Waals surface area contributed by atoms with Crippen molar-refractivity contribution in [1.82, 2.24) is 9.80 Å². The number of unbranched alkanes of at least 4 members (excludes halogenated alkanes) is 3. The van der Waals surface area contributed by atoms with Crippen LogP contribution in [-0.4, -0.2) is 50.1 Å². The Labute approximate surface area is 96.6 Å². The van der Waals surface area contributed by atoms with Gasteiger partial charge in [0.25, 0.3) is 0 Å². The van der Waals surface area contributed by atoms with Gasteiger partial charge in [-0.25, -0.2) is 0 Å². The van der Waals surface area contributed by atoms with E-state index in [9.17, 15) is 0 Å². The highest BCUT2D eigenvalue weighted by atomic mass is 15.1. The van der Waals surface area contributed by atoms with Gasteiger partial charge in [-0.3, -0.25) is 0 Å². The van der Waals surface area contributed by atoms with Gasteiger partial charge in [0.2, 0.25) is 0 Å². The fourth-order valence-corrected chi connectivity index (χ4v) is 1.75. The second-order valence-corrected chi connectivity index (χ2v) is 4.93. The van der Waals surface area contributed by atoms with E-state index in [0.29, 0.717) is 0 Å². The van der Waals surface area contributed by atoms with E-state index < -0.39 is 0 Å². The molecule has 0 aliphatic rings. The SMILES string of the molecule is CCN(C)C(C)CCCCCCN(C)C. The van der Waals surface area contributed by atoms with Crippen LogP contribution in [0.2, 0.25) is 0 Å². The summed E-state index contributed by atoms with van der Waals surface area (Å²) in [5, 5.41) is 0. The lowest BCUT2D eigenvalue weighted by atomic mass is 10.1. The van der Waals surface area contributed by atoms with Gasteiger partial charge < -0.3 is 9.80 Å². The summed E-state index contributed by atoms with van der Waals surface area (Å²) in [6.45, 7) is 6.98. The van der Waals surface area contributed by atoms with Crippen molar-refractivity contribution in [2.24, 2.45) is 0 Å². The predicted octanol–water partition coefficient (Wildman–Crippen LogP) is 2.84. The van der Waals surface area contributed by atoms with Gasteiger partial charge in [-0.2, -0.15) is 0 Å². The third-order valence-corrected chi connectivity index (χ3v) is 3.23. The Bertz CT molecular complexity index is 134. The van der Waals surface area contributed by atoms with Crippen LogP contribution in [0.25, 0.3) is 0 Å². The molecule has 0 amide bonds. The molecule has 0 aromatic rings. The average Bonchev–Trinajstić information content (AvgIpc) is 2.21. The Kier molecular flexibility index (Phi) is 9.12. The van der Waals surface area contributed by atoms with Gasteiger partial charge in [0.1, 0.15) is 0 Å². The van der Waals surface area contributed by atoms with Gasteiger partial charge in [-0.15, -0.1) is 0 Å². The van der Waals surface area contributed by atoms with Crippen LogP contribution >= 0.6 is 0 Å². The molecule has 0 spiro atoms. The molecular formula is C13H30N2. The Morgan fingerprint density at radius 2 is 1.53 bits per heavy atom. The normalized spacial score (nSPS) is 13.8. The number of hydrogen-bond donors (Lipinski definition) is 0. The molecule has 15 heavy (non-hydrogen) atoms. The second-order valence-electron chi connectivity index (χ2n) is 4.93. The standard InChI is InChI=1S/C13H30N2/c1-6-15(5)13(2)11-9-7-8-10-12-14(3)4/h13H,6-12H2,1-5H3. The summed E-state index contributed by atoms with van der Waals surface area (Å²) < 4.78 is 0. The first kappa shape index (κ1) is 14.9. The predicted molar refractivity (Wildman–Crippen MR) is 69.4 cm³/mol. The second kappa shape index (κ2) is 9.17. The first-order valence-electron chi connectivity index (χ1n) is 6.43. The molecular weight excluding hydrogens is 184 g/mol. The fraction of sp³-hybridized carbons (Fsp3) is 1.00. The third kappa shape index (κ3) is 8.88. The van der Waals surface area contributed by atoms with E-state index in [1.807, 2.05) is 0 Å². The van der Waals surface area contributed by atoms with Crippen LogP contribution < -0.4 is 0 Å². The molecule has 0 aliphatic carbocycles. The molecule has 0 rings (SSSR count). The molecule has 2 heteroatoms. The molecule has 2 nitrogen and oxygen atoms in total. The van der Waals surface area contributed by atoms with Crippen molar-refractivity contribution in [2.45, 2.75) is 52.0 Å². The summed E-state index contributed by atoms with van der Waals surface area (Å²) in [4.78, 5) is 4.70. The quantitative estimate of drug-likeness (QED) is 0.545. The van der Waals surface area contributed by atoms with Gasteiger partial charge in [0, 0.05) is 6.04 Å². The largest absolute Gasteiger partial charge is 0.309 e. The number of hydrogen-bond acceptors (Lipinski definition) is 2. The lowest BCUT2D eigenvalue weighted by Gasteiger charge is -2.22. The summed E-state index contributed by atoms with van der Waals surface area (Å²) in [5.74, 6) is 0. The zero-order valence-electron chi connectivity index (χ0n) is 11.4. The Morgan fingerprint density at radius 3 is 2.07 bits per heavy atom. The average molecular weight is 214 g/mol. The lowest BCUT2D eigenvalue weighted by molar-refractivity contribution is 0.253. The van der Waals surface area contributed by atoms with E-state index >= 15 is 0 Å². The Balaban J connectivity index is 3.23. The minimum atomic E-state index is 0.754. The summed E-state index contributed by atoms with van der Waals surface area (Å²) in [7, 11) is 6.52. The van der Waals surface area contributed by atoms with E-state index in [4.69, 9.17) is 0 Å². The van der Waals surface area contributed by atoms with Crippen LogP contribution in [-0.2, 0) is 0 Å². The smallest absolute Gasteiger partial charge is 0.00637 e. The Morgan fingerprint density at radius 1 is 0.933 bits per heavy atom. The molecule has 0 N–H and O–H groups in total. The highest BCUT2D eigenvalue weighted by Gasteiger charge is 2.05. The topological polar surface area (TPSA) is 6.48 Å². The van der Waals surface area contributed by atoms with Gasteiger partial charge in [-0.05, 0) is 54.0 Å². The van der Waals surface area contributed by atoms with E-state index in [-0.39, 0.29) is 0 Å². The summed E-state index contributed by atoms with van der Waals surface area (Å²) in [6, 6.07) is 0.754. The zero-order valence-corrected chi connectivity index (χ0v) is 11.4. The molecule has 0 aromatic carbocycles. The van der Waals surface area contributed by atoms with Crippen LogP contribution in [0.4, 0.5) is 0 Å². The molecule has 92 valence electrons. The molecule has 0 aromatic heterocycles. The highest BCUT2D eigenvalue weighted by Crippen LogP contribution is 2.09. The number of rotatable bonds is 9. The van der Waals surface area contributed by atoms with Crippen molar-refractivity contribution >= 4 is 0 Å². The van der Waals surface area contributed by atoms with Crippen molar-refractivity contribution in [1.29, 1.82) is 0 Å². The molecule has 0 aliphatic heterocycles. The van der Waals surface area contributed by atoms with E-state index in [1.165, 1.54) is 45.2 Å². The van der Waals surface area contributed by atoms with Gasteiger partial charge >= 0.3 is 0 Å². The maximum Gasteiger partial charge on any atom is 0.00637 e. The molecule has 0 radical (unpaired) electrons. The number of nitrogens with zero attached hydrogens (tertiary/aromatic N) is 2. The van der Waals surface area contributed by atoms with Gasteiger partial charge in [-0.1, -0.05) is 26.2 Å². The molecule has 0 saturated heterocycles. The Hall–Kier alpha value is -0.0800. The van der Waals surface area contributed by atoms with Crippen LogP contribution in [0, 0.1) is 0 Å². The van der Waals surface area contributed by atoms with Crippen LogP contribution in [0.5, 0.6) is 0 Å². The van der Waals surface area contributed by atoms with Gasteiger partial charge in [0.05, 0.1) is 0 Å². The van der Waals surface area contributed by atoms with Crippen LogP contribution in [0.1, 0.15) is 46.0 Å². The molecule has 0 fully saturated rings. The minimum Gasteiger partial charge on any atom is -0.309 e. The molecule has 0 saturated carbocycles. The molecule has 1 atom stereocenters. The van der Waals surface area contributed by atoms with E-state index in [1.54, 1.807) is 0 Å². The van der Waals surface area contributed by atoms with Gasteiger partial charge in [0.15, 0.2) is 0 Å². The minimum absolute atomic E-state index is 0.754. The molecule has 0 bridgehead atoms. The third-order valence-electron chi connectivity index (χ3n) is 3.23. The van der Waals surface area contributed by atoms with Crippen molar-refractivity contribution in [3.63, 3.8) is 0 Å². The van der Waals surface area contributed by atoms with Crippen LogP contribution in [0.15, 0.2) is 0 Å². The first-order valence-corrected chi connectivity index (χ1v) is 6.43. The molecule has 0 heterocycles. The van der Waals surface area contributed by atoms with E-state index in [0.717, 1.165) is 6.04 Å². The maximum absolute atomic E-state index is 2.43. The maximum atomic E-state index is 2.43. The zero-order chi connectivity index (χ0) is 11.7. The first-order chi connectivity index (χ1) is 7.07. The summed E-state index contributed by atoms with van der Waals surface area (Å²) >= 11 is 0. The fourth-order valence-electron chi connectivity index (χ4n) is 1.75. The monoisotopic (exact) mass is 214 g/mol. The van der Waals surface area contributed by atoms with Crippen molar-refractivity contribution in [2.75, 3.05) is 34.2 Å². The summed E-state index contributed by atoms with van der Waals surface area (Å²) in [6.07, 6.45) is 6.88. The van der Waals surface area contributed by atoms with Crippen molar-refractivity contribution < 1.29 is 0 Å². The molecule has 1 unspecified atom stereocenters. The van der Waals surface area contributed by atoms with E-state index in [2.05, 4.69) is 44.8 Å². The highest BCUT2D eigenvalue weighted by molar-refractivity contribution is 4.61. The van der Waals surface area contributed by atoms with Crippen LogP contribution in [0.3, 0.4) is 0 Å².